The number of halogens is 1. The van der Waals surface area contributed by atoms with Crippen molar-refractivity contribution < 1.29 is 9.53 Å². The molecule has 4 aromatic rings. The molecule has 0 spiro atoms. The number of anilines is 2. The van der Waals surface area contributed by atoms with Crippen LogP contribution in [0.1, 0.15) is 34.6 Å². The molecule has 1 amide bonds. The first kappa shape index (κ1) is 25.9. The molecule has 0 radical (unpaired) electrons. The number of pyridine rings is 1. The number of aryl methyl sites for hydroxylation is 2. The number of amides is 1. The van der Waals surface area contributed by atoms with Gasteiger partial charge in [0.1, 0.15) is 12.6 Å². The van der Waals surface area contributed by atoms with Gasteiger partial charge in [-0.1, -0.05) is 17.7 Å². The summed E-state index contributed by atoms with van der Waals surface area (Å²) in [5.74, 6) is -0.203. The quantitative estimate of drug-likeness (QED) is 0.282. The Balaban J connectivity index is 1.59. The van der Waals surface area contributed by atoms with Crippen molar-refractivity contribution in [3.8, 4) is 5.69 Å². The predicted octanol–water partition coefficient (Wildman–Crippen LogP) is 5.90. The third kappa shape index (κ3) is 5.03. The second-order valence-corrected chi connectivity index (χ2v) is 10.0. The van der Waals surface area contributed by atoms with E-state index in [-0.39, 0.29) is 24.6 Å². The minimum absolute atomic E-state index is 0.00366. The average molecular weight is 546 g/mol. The Bertz CT molecular complexity index is 1490. The highest BCUT2D eigenvalue weighted by Gasteiger charge is 2.42. The highest BCUT2D eigenvalue weighted by atomic mass is 35.5. The summed E-state index contributed by atoms with van der Waals surface area (Å²) in [6.45, 7) is 3.96. The van der Waals surface area contributed by atoms with E-state index in [0.717, 1.165) is 44.6 Å². The molecule has 0 aliphatic carbocycles. The number of benzene rings is 2. The van der Waals surface area contributed by atoms with Gasteiger partial charge < -0.3 is 24.8 Å². The molecule has 0 unspecified atom stereocenters. The molecule has 2 N–H and O–H groups in total. The Morgan fingerprint density at radius 1 is 1.08 bits per heavy atom. The van der Waals surface area contributed by atoms with Gasteiger partial charge in [0.2, 0.25) is 5.91 Å². The number of aromatic nitrogens is 2. The molecule has 38 heavy (non-hydrogen) atoms. The van der Waals surface area contributed by atoms with Crippen LogP contribution in [0.5, 0.6) is 0 Å². The summed E-state index contributed by atoms with van der Waals surface area (Å²) in [5, 5.41) is 7.74. The van der Waals surface area contributed by atoms with Gasteiger partial charge in [-0.3, -0.25) is 9.78 Å². The monoisotopic (exact) mass is 545 g/mol. The highest BCUT2D eigenvalue weighted by molar-refractivity contribution is 7.80. The average Bonchev–Trinajstić information content (AvgIpc) is 3.52. The fourth-order valence-corrected chi connectivity index (χ4v) is 5.30. The second kappa shape index (κ2) is 10.9. The van der Waals surface area contributed by atoms with Crippen LogP contribution in [-0.4, -0.2) is 34.3 Å². The number of rotatable bonds is 7. The van der Waals surface area contributed by atoms with Crippen molar-refractivity contribution >= 4 is 46.2 Å². The van der Waals surface area contributed by atoms with Gasteiger partial charge >= 0.3 is 0 Å². The first-order chi connectivity index (χ1) is 18.4. The summed E-state index contributed by atoms with van der Waals surface area (Å²) in [7, 11) is 1.50. The SMILES string of the molecule is COCC(=O)Nc1ccc(N2C(=S)N[C@H](c3ccccn3)[C@H]2c2cccn2-c2ccc(Cl)c(C)c2)cc1C. The molecule has 194 valence electrons. The molecule has 1 aliphatic heterocycles. The Hall–Kier alpha value is -3.72. The summed E-state index contributed by atoms with van der Waals surface area (Å²) in [6, 6.07) is 21.6. The lowest BCUT2D eigenvalue weighted by Gasteiger charge is -2.29. The van der Waals surface area contributed by atoms with Gasteiger partial charge in [-0.25, -0.2) is 0 Å². The van der Waals surface area contributed by atoms with Gasteiger partial charge in [-0.2, -0.15) is 0 Å². The number of ether oxygens (including phenoxy) is 1. The first-order valence-electron chi connectivity index (χ1n) is 12.2. The van der Waals surface area contributed by atoms with Crippen LogP contribution >= 0.6 is 23.8 Å². The topological polar surface area (TPSA) is 71.4 Å². The van der Waals surface area contributed by atoms with E-state index >= 15 is 0 Å². The van der Waals surface area contributed by atoms with Gasteiger partial charge in [0, 0.05) is 47.3 Å². The molecule has 2 atom stereocenters. The number of thiocarbonyl (C=S) groups is 1. The summed E-state index contributed by atoms with van der Waals surface area (Å²) >= 11 is 12.2. The van der Waals surface area contributed by atoms with Gasteiger partial charge in [-0.05, 0) is 97.9 Å². The number of carbonyl (C=O) groups excluding carboxylic acids is 1. The summed E-state index contributed by atoms with van der Waals surface area (Å²) in [6.07, 6.45) is 3.84. The van der Waals surface area contributed by atoms with Crippen molar-refractivity contribution in [1.29, 1.82) is 0 Å². The van der Waals surface area contributed by atoms with E-state index in [1.165, 1.54) is 7.11 Å². The third-order valence-corrected chi connectivity index (χ3v) is 7.38. The van der Waals surface area contributed by atoms with Crippen LogP contribution in [0.2, 0.25) is 5.02 Å². The highest BCUT2D eigenvalue weighted by Crippen LogP contribution is 2.43. The van der Waals surface area contributed by atoms with Crippen molar-refractivity contribution in [2.24, 2.45) is 0 Å². The Labute approximate surface area is 232 Å². The normalized spacial score (nSPS) is 16.9. The molecule has 0 bridgehead atoms. The van der Waals surface area contributed by atoms with E-state index in [9.17, 15) is 4.79 Å². The Kier molecular flexibility index (Phi) is 7.46. The molecule has 3 heterocycles. The third-order valence-electron chi connectivity index (χ3n) is 6.64. The molecule has 1 saturated heterocycles. The molecular formula is C29H28ClN5O2S. The lowest BCUT2D eigenvalue weighted by atomic mass is 10.00. The van der Waals surface area contributed by atoms with E-state index in [4.69, 9.17) is 28.6 Å². The van der Waals surface area contributed by atoms with Crippen LogP contribution in [0, 0.1) is 13.8 Å². The largest absolute Gasteiger partial charge is 0.375 e. The maximum absolute atomic E-state index is 12.1. The van der Waals surface area contributed by atoms with Crippen LogP contribution in [-0.2, 0) is 9.53 Å². The molecule has 1 aliphatic rings. The standard InChI is InChI=1S/C29H28ClN5O2S/c1-18-15-20(9-11-22(18)30)34-14-6-8-25(34)28-27(24-7-4-5-13-31-24)33-29(38)35(28)21-10-12-23(19(2)16-21)32-26(36)17-37-3/h4-16,27-28H,17H2,1-3H3,(H,32,36)(H,33,38)/t27-,28-/m1/s1. The first-order valence-corrected chi connectivity index (χ1v) is 13.0. The van der Waals surface area contributed by atoms with Crippen LogP contribution < -0.4 is 15.5 Å². The number of hydrogen-bond acceptors (Lipinski definition) is 4. The molecular weight excluding hydrogens is 518 g/mol. The lowest BCUT2D eigenvalue weighted by Crippen LogP contribution is -2.30. The minimum Gasteiger partial charge on any atom is -0.375 e. The van der Waals surface area contributed by atoms with E-state index in [2.05, 4.69) is 37.2 Å². The van der Waals surface area contributed by atoms with Crippen molar-refractivity contribution in [2.45, 2.75) is 25.9 Å². The maximum Gasteiger partial charge on any atom is 0.250 e. The molecule has 1 fully saturated rings. The number of hydrogen-bond donors (Lipinski definition) is 2. The van der Waals surface area contributed by atoms with Gasteiger partial charge in [-0.15, -0.1) is 0 Å². The zero-order valence-corrected chi connectivity index (χ0v) is 22.9. The molecule has 9 heteroatoms. The fraction of sp³-hybridized carbons (Fsp3) is 0.207. The van der Waals surface area contributed by atoms with Gasteiger partial charge in [0.15, 0.2) is 5.11 Å². The minimum atomic E-state index is -0.203. The predicted molar refractivity (Wildman–Crippen MR) is 155 cm³/mol. The summed E-state index contributed by atoms with van der Waals surface area (Å²) in [4.78, 5) is 18.9. The Morgan fingerprint density at radius 2 is 1.87 bits per heavy atom. The molecule has 2 aromatic carbocycles. The van der Waals surface area contributed by atoms with Crippen LogP contribution in [0.3, 0.4) is 0 Å². The molecule has 2 aromatic heterocycles. The summed E-state index contributed by atoms with van der Waals surface area (Å²) in [5.41, 5.74) is 6.51. The smallest absolute Gasteiger partial charge is 0.250 e. The molecule has 5 rings (SSSR count). The van der Waals surface area contributed by atoms with Crippen LogP contribution in [0.25, 0.3) is 5.69 Å². The number of methoxy groups -OCH3 is 1. The van der Waals surface area contributed by atoms with Crippen molar-refractivity contribution in [1.82, 2.24) is 14.9 Å². The zero-order chi connectivity index (χ0) is 26.8. The fourth-order valence-electron chi connectivity index (χ4n) is 4.84. The second-order valence-electron chi connectivity index (χ2n) is 9.21. The van der Waals surface area contributed by atoms with Crippen LogP contribution in [0.4, 0.5) is 11.4 Å². The van der Waals surface area contributed by atoms with E-state index in [0.29, 0.717) is 5.11 Å². The molecule has 0 saturated carbocycles. The lowest BCUT2D eigenvalue weighted by molar-refractivity contribution is -0.119. The van der Waals surface area contributed by atoms with E-state index in [1.807, 2.05) is 74.6 Å². The van der Waals surface area contributed by atoms with Crippen molar-refractivity contribution in [3.05, 3.63) is 107 Å². The zero-order valence-electron chi connectivity index (χ0n) is 21.3. The van der Waals surface area contributed by atoms with Crippen LogP contribution in [0.15, 0.2) is 79.1 Å². The summed E-state index contributed by atoms with van der Waals surface area (Å²) < 4.78 is 7.11. The Morgan fingerprint density at radius 3 is 2.58 bits per heavy atom. The molecule has 7 nitrogen and oxygen atoms in total. The van der Waals surface area contributed by atoms with E-state index in [1.54, 1.807) is 6.20 Å². The maximum atomic E-state index is 12.1. The van der Waals surface area contributed by atoms with Gasteiger partial charge in [0.05, 0.1) is 11.7 Å². The van der Waals surface area contributed by atoms with Crippen molar-refractivity contribution in [3.63, 3.8) is 0 Å². The van der Waals surface area contributed by atoms with Crippen molar-refractivity contribution in [2.75, 3.05) is 23.9 Å². The van der Waals surface area contributed by atoms with E-state index < -0.39 is 0 Å². The number of nitrogens with one attached hydrogen (secondary N) is 2. The van der Waals surface area contributed by atoms with Gasteiger partial charge in [0.25, 0.3) is 0 Å². The number of nitrogens with zero attached hydrogens (tertiary/aromatic N) is 3. The number of carbonyl (C=O) groups is 1.